The zero-order valence-electron chi connectivity index (χ0n) is 7.03. The number of phenolic OH excluding ortho intramolecular Hbond substituents is 1. The molecule has 66 valence electrons. The molecule has 13 heavy (non-hydrogen) atoms. The van der Waals surface area contributed by atoms with Crippen molar-refractivity contribution in [2.24, 2.45) is 0 Å². The van der Waals surface area contributed by atoms with E-state index in [4.69, 9.17) is 10.4 Å². The van der Waals surface area contributed by atoms with Crippen LogP contribution in [0.25, 0.3) is 0 Å². The number of phenols is 1. The molecular formula is C9H8N2O2. The van der Waals surface area contributed by atoms with Crippen molar-refractivity contribution in [1.82, 2.24) is 5.32 Å². The van der Waals surface area contributed by atoms with Crippen molar-refractivity contribution in [3.05, 3.63) is 29.3 Å². The van der Waals surface area contributed by atoms with Gasteiger partial charge in [-0.2, -0.15) is 5.26 Å². The number of benzene rings is 1. The molecule has 0 atom stereocenters. The molecule has 4 nitrogen and oxygen atoms in total. The number of rotatable bonds is 1. The Kier molecular flexibility index (Phi) is 2.50. The third kappa shape index (κ3) is 1.97. The number of aryl methyl sites for hydroxylation is 1. The highest BCUT2D eigenvalue weighted by atomic mass is 16.3. The van der Waals surface area contributed by atoms with Crippen LogP contribution in [-0.2, 0) is 0 Å². The first-order valence-corrected chi connectivity index (χ1v) is 3.64. The van der Waals surface area contributed by atoms with Gasteiger partial charge in [-0.25, -0.2) is 0 Å². The van der Waals surface area contributed by atoms with Crippen molar-refractivity contribution in [2.45, 2.75) is 6.92 Å². The van der Waals surface area contributed by atoms with Gasteiger partial charge in [0.15, 0.2) is 6.19 Å². The predicted octanol–water partition coefficient (Wildman–Crippen LogP) is 0.911. The van der Waals surface area contributed by atoms with Gasteiger partial charge >= 0.3 is 0 Å². The zero-order valence-corrected chi connectivity index (χ0v) is 7.03. The Bertz CT molecular complexity index is 380. The molecule has 1 aromatic rings. The summed E-state index contributed by atoms with van der Waals surface area (Å²) in [6, 6.07) is 4.34. The van der Waals surface area contributed by atoms with Gasteiger partial charge in [0.25, 0.3) is 5.91 Å². The van der Waals surface area contributed by atoms with E-state index >= 15 is 0 Å². The summed E-state index contributed by atoms with van der Waals surface area (Å²) in [4.78, 5) is 11.2. The normalized spacial score (nSPS) is 8.92. The van der Waals surface area contributed by atoms with Crippen LogP contribution in [0.3, 0.4) is 0 Å². The average molecular weight is 176 g/mol. The standard InChI is InChI=1S/C9H8N2O2/c1-6-4-7(12)2-3-8(6)9(13)11-5-10/h2-4,12H,1H3,(H,11,13). The summed E-state index contributed by atoms with van der Waals surface area (Å²) in [6.45, 7) is 1.69. The van der Waals surface area contributed by atoms with Crippen LogP contribution in [0, 0.1) is 18.4 Å². The van der Waals surface area contributed by atoms with Crippen LogP contribution in [0.15, 0.2) is 18.2 Å². The van der Waals surface area contributed by atoms with Gasteiger partial charge in [0.05, 0.1) is 0 Å². The molecule has 0 heterocycles. The molecule has 0 radical (unpaired) electrons. The first-order valence-electron chi connectivity index (χ1n) is 3.64. The van der Waals surface area contributed by atoms with Crippen molar-refractivity contribution >= 4 is 5.91 Å². The molecule has 0 fully saturated rings. The highest BCUT2D eigenvalue weighted by molar-refractivity contribution is 5.96. The number of nitrogens with one attached hydrogen (secondary N) is 1. The largest absolute Gasteiger partial charge is 0.508 e. The minimum absolute atomic E-state index is 0.103. The zero-order chi connectivity index (χ0) is 9.84. The maximum absolute atomic E-state index is 11.2. The lowest BCUT2D eigenvalue weighted by Crippen LogP contribution is -2.18. The van der Waals surface area contributed by atoms with E-state index in [-0.39, 0.29) is 5.75 Å². The fourth-order valence-corrected chi connectivity index (χ4v) is 1.02. The Morgan fingerprint density at radius 1 is 1.62 bits per heavy atom. The van der Waals surface area contributed by atoms with Crippen LogP contribution in [0.1, 0.15) is 15.9 Å². The van der Waals surface area contributed by atoms with Crippen LogP contribution >= 0.6 is 0 Å². The maximum atomic E-state index is 11.2. The maximum Gasteiger partial charge on any atom is 0.264 e. The Morgan fingerprint density at radius 3 is 2.85 bits per heavy atom. The topological polar surface area (TPSA) is 73.1 Å². The van der Waals surface area contributed by atoms with E-state index in [0.29, 0.717) is 11.1 Å². The van der Waals surface area contributed by atoms with Crippen molar-refractivity contribution in [3.8, 4) is 11.9 Å². The highest BCUT2D eigenvalue weighted by Crippen LogP contribution is 2.15. The van der Waals surface area contributed by atoms with E-state index in [0.717, 1.165) is 0 Å². The first kappa shape index (κ1) is 9.07. The Morgan fingerprint density at radius 2 is 2.31 bits per heavy atom. The third-order valence-electron chi connectivity index (χ3n) is 1.62. The molecule has 2 N–H and O–H groups in total. The summed E-state index contributed by atoms with van der Waals surface area (Å²) < 4.78 is 0. The van der Waals surface area contributed by atoms with E-state index < -0.39 is 5.91 Å². The highest BCUT2D eigenvalue weighted by Gasteiger charge is 2.07. The van der Waals surface area contributed by atoms with Crippen LogP contribution in [-0.4, -0.2) is 11.0 Å². The molecule has 0 unspecified atom stereocenters. The lowest BCUT2D eigenvalue weighted by Gasteiger charge is -2.02. The number of aromatic hydroxyl groups is 1. The molecule has 1 aromatic carbocycles. The molecule has 0 aliphatic carbocycles. The van der Waals surface area contributed by atoms with Crippen LogP contribution in [0.5, 0.6) is 5.75 Å². The van der Waals surface area contributed by atoms with E-state index in [1.54, 1.807) is 13.1 Å². The van der Waals surface area contributed by atoms with Gasteiger partial charge in [-0.15, -0.1) is 0 Å². The minimum Gasteiger partial charge on any atom is -0.508 e. The van der Waals surface area contributed by atoms with Gasteiger partial charge in [0, 0.05) is 5.56 Å². The molecule has 0 spiro atoms. The number of hydrogen-bond donors (Lipinski definition) is 2. The lowest BCUT2D eigenvalue weighted by molar-refractivity contribution is 0.0972. The van der Waals surface area contributed by atoms with Gasteiger partial charge in [0.2, 0.25) is 0 Å². The summed E-state index contributed by atoms with van der Waals surface area (Å²) in [5, 5.41) is 19.3. The smallest absolute Gasteiger partial charge is 0.264 e. The van der Waals surface area contributed by atoms with Crippen LogP contribution < -0.4 is 5.32 Å². The van der Waals surface area contributed by atoms with E-state index in [2.05, 4.69) is 0 Å². The lowest BCUT2D eigenvalue weighted by atomic mass is 10.1. The fourth-order valence-electron chi connectivity index (χ4n) is 1.02. The second-order valence-corrected chi connectivity index (χ2v) is 2.57. The summed E-state index contributed by atoms with van der Waals surface area (Å²) in [5.74, 6) is -0.356. The molecule has 0 aliphatic rings. The van der Waals surface area contributed by atoms with Crippen LogP contribution in [0.2, 0.25) is 0 Å². The molecule has 1 amide bonds. The van der Waals surface area contributed by atoms with Crippen LogP contribution in [0.4, 0.5) is 0 Å². The predicted molar refractivity (Wildman–Crippen MR) is 45.9 cm³/mol. The average Bonchev–Trinajstić information content (AvgIpc) is 2.04. The van der Waals surface area contributed by atoms with Gasteiger partial charge < -0.3 is 5.11 Å². The first-order chi connectivity index (χ1) is 6.15. The molecule has 0 saturated carbocycles. The Hall–Kier alpha value is -2.02. The molecule has 0 bridgehead atoms. The van der Waals surface area contributed by atoms with Crippen molar-refractivity contribution < 1.29 is 9.90 Å². The summed E-state index contributed by atoms with van der Waals surface area (Å²) >= 11 is 0. The summed E-state index contributed by atoms with van der Waals surface area (Å²) in [7, 11) is 0. The molecule has 0 aromatic heterocycles. The third-order valence-corrected chi connectivity index (χ3v) is 1.62. The number of hydrogen-bond acceptors (Lipinski definition) is 3. The van der Waals surface area contributed by atoms with Gasteiger partial charge in [0.1, 0.15) is 5.75 Å². The van der Waals surface area contributed by atoms with Crippen molar-refractivity contribution in [2.75, 3.05) is 0 Å². The monoisotopic (exact) mass is 176 g/mol. The number of carbonyl (C=O) groups is 1. The van der Waals surface area contributed by atoms with E-state index in [1.165, 1.54) is 18.2 Å². The number of amides is 1. The van der Waals surface area contributed by atoms with E-state index in [1.807, 2.05) is 5.32 Å². The Balaban J connectivity index is 3.03. The fraction of sp³-hybridized carbons (Fsp3) is 0.111. The SMILES string of the molecule is Cc1cc(O)ccc1C(=O)NC#N. The molecule has 1 rings (SSSR count). The number of nitrogens with zero attached hydrogens (tertiary/aromatic N) is 1. The second kappa shape index (κ2) is 3.59. The van der Waals surface area contributed by atoms with E-state index in [9.17, 15) is 4.79 Å². The quantitative estimate of drug-likeness (QED) is 0.493. The molecule has 0 saturated heterocycles. The molecule has 0 aliphatic heterocycles. The summed E-state index contributed by atoms with van der Waals surface area (Å²) in [6.07, 6.45) is 1.55. The van der Waals surface area contributed by atoms with Crippen molar-refractivity contribution in [1.29, 1.82) is 5.26 Å². The van der Waals surface area contributed by atoms with Crippen molar-refractivity contribution in [3.63, 3.8) is 0 Å². The van der Waals surface area contributed by atoms with Gasteiger partial charge in [-0.05, 0) is 30.7 Å². The number of carbonyl (C=O) groups excluding carboxylic acids is 1. The van der Waals surface area contributed by atoms with Gasteiger partial charge in [-0.3, -0.25) is 10.1 Å². The number of nitriles is 1. The second-order valence-electron chi connectivity index (χ2n) is 2.57. The molecular weight excluding hydrogens is 168 g/mol. The van der Waals surface area contributed by atoms with Gasteiger partial charge in [-0.1, -0.05) is 0 Å². The molecule has 4 heteroatoms. The summed E-state index contributed by atoms with van der Waals surface area (Å²) in [5.41, 5.74) is 1.02. The Labute approximate surface area is 75.4 Å². The minimum atomic E-state index is -0.458.